The highest BCUT2D eigenvalue weighted by atomic mass is 19.1. The third-order valence-electron chi connectivity index (χ3n) is 3.50. The summed E-state index contributed by atoms with van der Waals surface area (Å²) < 4.78 is 13.2. The molecule has 0 unspecified atom stereocenters. The fraction of sp³-hybridized carbons (Fsp3) is 0.235. The van der Waals surface area contributed by atoms with Crippen molar-refractivity contribution >= 4 is 17.4 Å². The number of benzene rings is 2. The Morgan fingerprint density at radius 3 is 2.64 bits per heavy atom. The summed E-state index contributed by atoms with van der Waals surface area (Å²) >= 11 is 0. The van der Waals surface area contributed by atoms with Crippen LogP contribution in [-0.4, -0.2) is 24.0 Å². The molecule has 0 heterocycles. The van der Waals surface area contributed by atoms with Crippen molar-refractivity contribution in [1.82, 2.24) is 10.6 Å². The molecule has 2 rings (SSSR count). The number of nitrogens with one attached hydrogen (secondary N) is 3. The van der Waals surface area contributed by atoms with Crippen molar-refractivity contribution in [2.75, 3.05) is 18.4 Å². The Bertz CT molecular complexity index is 767. The quantitative estimate of drug-likeness (QED) is 0.408. The first-order chi connectivity index (χ1) is 12.0. The SMILES string of the molecule is Cc1cc(CNC(=O)NCCNc2ccccc2[N+](=O)[O-])ccc1F. The maximum Gasteiger partial charge on any atom is 0.315 e. The van der Waals surface area contributed by atoms with Gasteiger partial charge in [-0.25, -0.2) is 9.18 Å². The fourth-order valence-corrected chi connectivity index (χ4v) is 2.22. The zero-order valence-corrected chi connectivity index (χ0v) is 13.7. The Balaban J connectivity index is 1.72. The fourth-order valence-electron chi connectivity index (χ4n) is 2.22. The van der Waals surface area contributed by atoms with E-state index in [0.717, 1.165) is 5.56 Å². The molecule has 0 atom stereocenters. The van der Waals surface area contributed by atoms with Gasteiger partial charge in [0.2, 0.25) is 0 Å². The van der Waals surface area contributed by atoms with E-state index in [4.69, 9.17) is 0 Å². The number of aryl methyl sites for hydroxylation is 1. The van der Waals surface area contributed by atoms with E-state index >= 15 is 0 Å². The Morgan fingerprint density at radius 2 is 1.92 bits per heavy atom. The van der Waals surface area contributed by atoms with Crippen LogP contribution in [0.3, 0.4) is 0 Å². The van der Waals surface area contributed by atoms with Gasteiger partial charge in [-0.2, -0.15) is 0 Å². The molecule has 0 aliphatic rings. The number of nitro benzene ring substituents is 1. The number of urea groups is 1. The summed E-state index contributed by atoms with van der Waals surface area (Å²) in [6, 6.07) is 10.6. The number of para-hydroxylation sites is 2. The lowest BCUT2D eigenvalue weighted by Gasteiger charge is -2.10. The number of carbonyl (C=O) groups excluding carboxylic acids is 1. The lowest BCUT2D eigenvalue weighted by atomic mass is 10.1. The summed E-state index contributed by atoms with van der Waals surface area (Å²) in [5, 5.41) is 19.1. The molecule has 0 aromatic heterocycles. The van der Waals surface area contributed by atoms with Crippen molar-refractivity contribution < 1.29 is 14.1 Å². The largest absolute Gasteiger partial charge is 0.378 e. The smallest absolute Gasteiger partial charge is 0.315 e. The second-order valence-electron chi connectivity index (χ2n) is 5.39. The first kappa shape index (κ1) is 18.2. The van der Waals surface area contributed by atoms with Crippen molar-refractivity contribution in [3.05, 3.63) is 69.5 Å². The van der Waals surface area contributed by atoms with Crippen LogP contribution in [0, 0.1) is 22.9 Å². The van der Waals surface area contributed by atoms with E-state index in [1.165, 1.54) is 12.1 Å². The predicted molar refractivity (Wildman–Crippen MR) is 93.0 cm³/mol. The van der Waals surface area contributed by atoms with Gasteiger partial charge in [0.1, 0.15) is 11.5 Å². The standard InChI is InChI=1S/C17H19FN4O3/c1-12-10-13(6-7-14(12)18)11-21-17(23)20-9-8-19-15-4-2-3-5-16(15)22(24)25/h2-7,10,19H,8-9,11H2,1H3,(H2,20,21,23). The van der Waals surface area contributed by atoms with E-state index in [1.807, 2.05) is 0 Å². The zero-order chi connectivity index (χ0) is 18.2. The molecule has 0 saturated heterocycles. The third-order valence-corrected chi connectivity index (χ3v) is 3.50. The van der Waals surface area contributed by atoms with E-state index in [2.05, 4.69) is 16.0 Å². The molecule has 25 heavy (non-hydrogen) atoms. The van der Waals surface area contributed by atoms with Crippen LogP contribution in [0.4, 0.5) is 20.6 Å². The summed E-state index contributed by atoms with van der Waals surface area (Å²) in [5.74, 6) is -0.283. The predicted octanol–water partition coefficient (Wildman–Crippen LogP) is 2.95. The highest BCUT2D eigenvalue weighted by molar-refractivity contribution is 5.73. The number of anilines is 1. The van der Waals surface area contributed by atoms with E-state index in [9.17, 15) is 19.3 Å². The molecular weight excluding hydrogens is 327 g/mol. The van der Waals surface area contributed by atoms with Crippen LogP contribution >= 0.6 is 0 Å². The Kier molecular flexibility index (Phi) is 6.27. The van der Waals surface area contributed by atoms with Gasteiger partial charge in [-0.3, -0.25) is 10.1 Å². The number of nitro groups is 1. The number of amides is 2. The van der Waals surface area contributed by atoms with Gasteiger partial charge in [0, 0.05) is 25.7 Å². The van der Waals surface area contributed by atoms with E-state index in [0.29, 0.717) is 24.3 Å². The summed E-state index contributed by atoms with van der Waals surface area (Å²) in [5.41, 5.74) is 1.70. The Hall–Kier alpha value is -3.16. The Morgan fingerprint density at radius 1 is 1.16 bits per heavy atom. The summed E-state index contributed by atoms with van der Waals surface area (Å²) in [7, 11) is 0. The minimum Gasteiger partial charge on any atom is -0.378 e. The molecule has 0 radical (unpaired) electrons. The molecule has 0 bridgehead atoms. The molecule has 0 fully saturated rings. The van der Waals surface area contributed by atoms with E-state index < -0.39 is 4.92 Å². The first-order valence-corrected chi connectivity index (χ1v) is 7.71. The van der Waals surface area contributed by atoms with Gasteiger partial charge in [0.05, 0.1) is 4.92 Å². The lowest BCUT2D eigenvalue weighted by Crippen LogP contribution is -2.37. The number of carbonyl (C=O) groups is 1. The summed E-state index contributed by atoms with van der Waals surface area (Å²) in [6.45, 7) is 2.58. The van der Waals surface area contributed by atoms with Gasteiger partial charge in [-0.1, -0.05) is 24.3 Å². The number of hydrogen-bond donors (Lipinski definition) is 3. The molecule has 8 heteroatoms. The van der Waals surface area contributed by atoms with Crippen molar-refractivity contribution in [3.8, 4) is 0 Å². The van der Waals surface area contributed by atoms with Crippen LogP contribution in [0.5, 0.6) is 0 Å². The maximum atomic E-state index is 13.2. The van der Waals surface area contributed by atoms with Gasteiger partial charge in [0.25, 0.3) is 5.69 Å². The molecule has 7 nitrogen and oxygen atoms in total. The topological polar surface area (TPSA) is 96.3 Å². The van der Waals surface area contributed by atoms with Crippen LogP contribution < -0.4 is 16.0 Å². The van der Waals surface area contributed by atoms with Crippen LogP contribution in [0.15, 0.2) is 42.5 Å². The number of rotatable bonds is 7. The monoisotopic (exact) mass is 346 g/mol. The lowest BCUT2D eigenvalue weighted by molar-refractivity contribution is -0.384. The van der Waals surface area contributed by atoms with Gasteiger partial charge >= 0.3 is 6.03 Å². The number of halogens is 1. The average molecular weight is 346 g/mol. The molecule has 0 aliphatic carbocycles. The van der Waals surface area contributed by atoms with Gasteiger partial charge in [0.15, 0.2) is 0 Å². The Labute approximate surface area is 144 Å². The molecular formula is C17H19FN4O3. The highest BCUT2D eigenvalue weighted by Gasteiger charge is 2.11. The number of hydrogen-bond acceptors (Lipinski definition) is 4. The molecule has 2 aromatic rings. The molecule has 0 saturated carbocycles. The second kappa shape index (κ2) is 8.62. The average Bonchev–Trinajstić information content (AvgIpc) is 2.60. The first-order valence-electron chi connectivity index (χ1n) is 7.71. The van der Waals surface area contributed by atoms with Crippen molar-refractivity contribution in [2.45, 2.75) is 13.5 Å². The molecule has 2 amide bonds. The van der Waals surface area contributed by atoms with Crippen LogP contribution in [0.1, 0.15) is 11.1 Å². The summed E-state index contributed by atoms with van der Waals surface area (Å²) in [6.07, 6.45) is 0. The van der Waals surface area contributed by atoms with Crippen molar-refractivity contribution in [3.63, 3.8) is 0 Å². The molecule has 2 aromatic carbocycles. The zero-order valence-electron chi connectivity index (χ0n) is 13.7. The van der Waals surface area contributed by atoms with E-state index in [-0.39, 0.29) is 24.1 Å². The molecule has 0 aliphatic heterocycles. The van der Waals surface area contributed by atoms with Gasteiger partial charge < -0.3 is 16.0 Å². The van der Waals surface area contributed by atoms with Crippen LogP contribution in [0.25, 0.3) is 0 Å². The molecule has 0 spiro atoms. The van der Waals surface area contributed by atoms with Gasteiger partial charge in [-0.15, -0.1) is 0 Å². The number of nitrogens with zero attached hydrogens (tertiary/aromatic N) is 1. The maximum absolute atomic E-state index is 13.2. The normalized spacial score (nSPS) is 10.2. The minimum absolute atomic E-state index is 0.0152. The van der Waals surface area contributed by atoms with Gasteiger partial charge in [-0.05, 0) is 30.2 Å². The van der Waals surface area contributed by atoms with Crippen molar-refractivity contribution in [1.29, 1.82) is 0 Å². The minimum atomic E-state index is -0.465. The van der Waals surface area contributed by atoms with E-state index in [1.54, 1.807) is 37.3 Å². The van der Waals surface area contributed by atoms with Crippen LogP contribution in [-0.2, 0) is 6.54 Å². The highest BCUT2D eigenvalue weighted by Crippen LogP contribution is 2.22. The van der Waals surface area contributed by atoms with Crippen LogP contribution in [0.2, 0.25) is 0 Å². The summed E-state index contributed by atoms with van der Waals surface area (Å²) in [4.78, 5) is 22.1. The van der Waals surface area contributed by atoms with Crippen molar-refractivity contribution in [2.24, 2.45) is 0 Å². The second-order valence-corrected chi connectivity index (χ2v) is 5.39. The third kappa shape index (κ3) is 5.45. The molecule has 132 valence electrons. The molecule has 3 N–H and O–H groups in total.